The highest BCUT2D eigenvalue weighted by Crippen LogP contribution is 2.33. The van der Waals surface area contributed by atoms with Crippen molar-refractivity contribution < 1.29 is 14.3 Å². The predicted molar refractivity (Wildman–Crippen MR) is 110 cm³/mol. The molecule has 28 heavy (non-hydrogen) atoms. The fraction of sp³-hybridized carbons (Fsp3) is 0.632. The molecule has 0 radical (unpaired) electrons. The number of rotatable bonds is 5. The van der Waals surface area contributed by atoms with Gasteiger partial charge >= 0.3 is 6.09 Å². The molecule has 0 aromatic heterocycles. The Morgan fingerprint density at radius 2 is 2.14 bits per heavy atom. The zero-order valence-electron chi connectivity index (χ0n) is 16.4. The molecule has 1 aromatic carbocycles. The van der Waals surface area contributed by atoms with Crippen molar-refractivity contribution in [1.82, 2.24) is 4.90 Å². The Morgan fingerprint density at radius 3 is 2.79 bits per heavy atom. The quantitative estimate of drug-likeness (QED) is 0.256. The molecule has 1 saturated heterocycles. The number of amides is 1. The number of halogens is 2. The predicted octanol–water partition coefficient (Wildman–Crippen LogP) is 5.80. The molecular weight excluding hydrogens is 403 g/mol. The molecule has 2 unspecified atom stereocenters. The maximum atomic E-state index is 12.6. The van der Waals surface area contributed by atoms with Crippen molar-refractivity contribution >= 4 is 29.3 Å². The summed E-state index contributed by atoms with van der Waals surface area (Å²) < 4.78 is 11.6. The summed E-state index contributed by atoms with van der Waals surface area (Å²) in [5.74, 6) is -0.101. The topological polar surface area (TPSA) is 87.5 Å². The molecule has 9 heteroatoms. The van der Waals surface area contributed by atoms with E-state index in [9.17, 15) is 4.79 Å². The van der Waals surface area contributed by atoms with Crippen LogP contribution >= 0.6 is 23.2 Å². The third-order valence-electron chi connectivity index (χ3n) is 4.39. The van der Waals surface area contributed by atoms with Crippen LogP contribution in [0.15, 0.2) is 23.3 Å². The van der Waals surface area contributed by atoms with Gasteiger partial charge in [-0.1, -0.05) is 34.4 Å². The van der Waals surface area contributed by atoms with Crippen molar-refractivity contribution in [1.29, 1.82) is 0 Å². The molecule has 0 saturated carbocycles. The number of hydrogen-bond donors (Lipinski definition) is 0. The fourth-order valence-electron chi connectivity index (χ4n) is 3.12. The van der Waals surface area contributed by atoms with Crippen LogP contribution in [0.25, 0.3) is 10.4 Å². The summed E-state index contributed by atoms with van der Waals surface area (Å²) >= 11 is 12.3. The van der Waals surface area contributed by atoms with E-state index in [1.165, 1.54) is 0 Å². The Labute approximate surface area is 175 Å². The van der Waals surface area contributed by atoms with Crippen molar-refractivity contribution in [2.45, 2.75) is 51.2 Å². The van der Waals surface area contributed by atoms with E-state index in [4.69, 9.17) is 38.2 Å². The number of nitrogens with zero attached hydrogens (tertiary/aromatic N) is 4. The van der Waals surface area contributed by atoms with E-state index >= 15 is 0 Å². The molecule has 7 nitrogen and oxygen atoms in total. The highest BCUT2D eigenvalue weighted by atomic mass is 35.5. The normalized spacial score (nSPS) is 20.2. The summed E-state index contributed by atoms with van der Waals surface area (Å²) in [6.45, 7) is 7.22. The van der Waals surface area contributed by atoms with Crippen LogP contribution in [-0.2, 0) is 9.47 Å². The minimum atomic E-state index is -0.571. The minimum absolute atomic E-state index is 0.101. The Kier molecular flexibility index (Phi) is 8.25. The molecule has 154 valence electrons. The lowest BCUT2D eigenvalue weighted by Crippen LogP contribution is -2.40. The molecule has 1 aromatic rings. The zero-order chi connectivity index (χ0) is 20.7. The van der Waals surface area contributed by atoms with Gasteiger partial charge in [0.15, 0.2) is 0 Å². The minimum Gasteiger partial charge on any atom is -0.444 e. The van der Waals surface area contributed by atoms with Crippen LogP contribution in [0.4, 0.5) is 4.79 Å². The molecular formula is C19H26Cl2N4O3. The van der Waals surface area contributed by atoms with E-state index in [2.05, 4.69) is 10.0 Å². The smallest absolute Gasteiger partial charge is 0.410 e. The number of carbonyl (C=O) groups is 1. The van der Waals surface area contributed by atoms with Gasteiger partial charge in [-0.2, -0.15) is 0 Å². The van der Waals surface area contributed by atoms with E-state index in [-0.39, 0.29) is 18.1 Å². The van der Waals surface area contributed by atoms with Gasteiger partial charge in [0.1, 0.15) is 5.60 Å². The fourth-order valence-corrected chi connectivity index (χ4v) is 3.43. The standard InChI is InChI=1S/C19H26Cl2N4O3/c1-19(2,3)28-18(26)25-9-10-27-17(5-4-8-23-24-22)14(12-25)13-6-7-15(20)16(21)11-13/h6-7,11,14,17H,4-5,8-10,12H2,1-3H3. The van der Waals surface area contributed by atoms with Gasteiger partial charge in [0, 0.05) is 30.5 Å². The van der Waals surface area contributed by atoms with E-state index in [1.807, 2.05) is 32.9 Å². The van der Waals surface area contributed by atoms with Crippen molar-refractivity contribution in [3.8, 4) is 0 Å². The number of hydrogen-bond acceptors (Lipinski definition) is 4. The van der Waals surface area contributed by atoms with Gasteiger partial charge in [-0.3, -0.25) is 0 Å². The largest absolute Gasteiger partial charge is 0.444 e. The van der Waals surface area contributed by atoms with E-state index in [1.54, 1.807) is 11.0 Å². The van der Waals surface area contributed by atoms with Crippen molar-refractivity contribution in [3.63, 3.8) is 0 Å². The summed E-state index contributed by atoms with van der Waals surface area (Å²) in [5, 5.41) is 4.52. The second-order valence-electron chi connectivity index (χ2n) is 7.71. The number of ether oxygens (including phenoxy) is 2. The molecule has 1 amide bonds. The van der Waals surface area contributed by atoms with Gasteiger partial charge < -0.3 is 14.4 Å². The summed E-state index contributed by atoms with van der Waals surface area (Å²) in [4.78, 5) is 17.1. The van der Waals surface area contributed by atoms with Crippen molar-refractivity contribution in [2.75, 3.05) is 26.2 Å². The molecule has 0 N–H and O–H groups in total. The third kappa shape index (κ3) is 6.74. The molecule has 1 aliphatic rings. The highest BCUT2D eigenvalue weighted by molar-refractivity contribution is 6.42. The molecule has 0 bridgehead atoms. The second-order valence-corrected chi connectivity index (χ2v) is 8.53. The first-order valence-electron chi connectivity index (χ1n) is 9.26. The molecule has 1 fully saturated rings. The molecule has 1 heterocycles. The zero-order valence-corrected chi connectivity index (χ0v) is 17.9. The Bertz CT molecular complexity index is 732. The SMILES string of the molecule is CC(C)(C)OC(=O)N1CCOC(CCCN=[N+]=[N-])C(c2ccc(Cl)c(Cl)c2)C1. The van der Waals surface area contributed by atoms with Gasteiger partial charge in [-0.05, 0) is 56.8 Å². The third-order valence-corrected chi connectivity index (χ3v) is 5.13. The summed E-state index contributed by atoms with van der Waals surface area (Å²) in [5.41, 5.74) is 8.84. The molecule has 2 rings (SSSR count). The van der Waals surface area contributed by atoms with Gasteiger partial charge in [-0.25, -0.2) is 4.79 Å². The van der Waals surface area contributed by atoms with Gasteiger partial charge in [-0.15, -0.1) is 0 Å². The first-order chi connectivity index (χ1) is 13.2. The number of azide groups is 1. The number of carbonyl (C=O) groups excluding carboxylic acids is 1. The lowest BCUT2D eigenvalue weighted by Gasteiger charge is -2.30. The highest BCUT2D eigenvalue weighted by Gasteiger charge is 2.33. The Morgan fingerprint density at radius 1 is 1.39 bits per heavy atom. The first-order valence-corrected chi connectivity index (χ1v) is 10.0. The number of benzene rings is 1. The summed E-state index contributed by atoms with van der Waals surface area (Å²) in [6.07, 6.45) is 0.889. The van der Waals surface area contributed by atoms with E-state index in [0.717, 1.165) is 5.56 Å². The lowest BCUT2D eigenvalue weighted by molar-refractivity contribution is 0.0228. The summed E-state index contributed by atoms with van der Waals surface area (Å²) in [6, 6.07) is 5.47. The average Bonchev–Trinajstić information content (AvgIpc) is 2.82. The maximum Gasteiger partial charge on any atom is 0.410 e. The van der Waals surface area contributed by atoms with Crippen molar-refractivity contribution in [2.24, 2.45) is 5.11 Å². The molecule has 0 spiro atoms. The maximum absolute atomic E-state index is 12.6. The van der Waals surface area contributed by atoms with Gasteiger partial charge in [0.05, 0.1) is 22.8 Å². The summed E-state index contributed by atoms with van der Waals surface area (Å²) in [7, 11) is 0. The first kappa shape index (κ1) is 22.6. The monoisotopic (exact) mass is 428 g/mol. The van der Waals surface area contributed by atoms with Crippen molar-refractivity contribution in [3.05, 3.63) is 44.3 Å². The van der Waals surface area contributed by atoms with Crippen LogP contribution < -0.4 is 0 Å². The van der Waals surface area contributed by atoms with Gasteiger partial charge in [0.2, 0.25) is 0 Å². The van der Waals surface area contributed by atoms with E-state index < -0.39 is 5.60 Å². The van der Waals surface area contributed by atoms with E-state index in [0.29, 0.717) is 49.1 Å². The van der Waals surface area contributed by atoms with Crippen LogP contribution in [-0.4, -0.2) is 48.9 Å². The lowest BCUT2D eigenvalue weighted by atomic mass is 9.90. The van der Waals surface area contributed by atoms with Crippen LogP contribution in [0.2, 0.25) is 10.0 Å². The second kappa shape index (κ2) is 10.2. The van der Waals surface area contributed by atoms with Crippen LogP contribution in [0.1, 0.15) is 45.1 Å². The van der Waals surface area contributed by atoms with Crippen LogP contribution in [0.5, 0.6) is 0 Å². The molecule has 0 aliphatic carbocycles. The van der Waals surface area contributed by atoms with Crippen LogP contribution in [0, 0.1) is 0 Å². The van der Waals surface area contributed by atoms with Gasteiger partial charge in [0.25, 0.3) is 0 Å². The Balaban J connectivity index is 2.24. The molecule has 1 aliphatic heterocycles. The van der Waals surface area contributed by atoms with Crippen LogP contribution in [0.3, 0.4) is 0 Å². The molecule has 2 atom stereocenters. The average molecular weight is 429 g/mol. The Hall–Kier alpha value is -1.66.